The summed E-state index contributed by atoms with van der Waals surface area (Å²) in [6.45, 7) is 13.1. The molecule has 3 heterocycles. The lowest BCUT2D eigenvalue weighted by atomic mass is 9.70. The smallest absolute Gasteiger partial charge is 0.313 e. The molecule has 0 aromatic heterocycles. The van der Waals surface area contributed by atoms with E-state index in [0.717, 1.165) is 18.8 Å². The molecular formula is C40H52N4O8. The van der Waals surface area contributed by atoms with E-state index in [1.165, 1.54) is 12.0 Å². The van der Waals surface area contributed by atoms with Crippen LogP contribution in [0.4, 0.5) is 11.4 Å². The lowest BCUT2D eigenvalue weighted by Crippen LogP contribution is -2.56. The van der Waals surface area contributed by atoms with Crippen molar-refractivity contribution in [3.8, 4) is 0 Å². The fourth-order valence-electron chi connectivity index (χ4n) is 8.21. The Kier molecular flexibility index (Phi) is 12.9. The molecule has 280 valence electrons. The molecule has 2 bridgehead atoms. The highest BCUT2D eigenvalue weighted by molar-refractivity contribution is 6.04. The summed E-state index contributed by atoms with van der Waals surface area (Å²) in [7, 11) is 1.50. The first kappa shape index (κ1) is 38.7. The second-order valence-corrected chi connectivity index (χ2v) is 13.5. The third-order valence-electron chi connectivity index (χ3n) is 10.5. The second kappa shape index (κ2) is 17.3. The van der Waals surface area contributed by atoms with Crippen molar-refractivity contribution in [2.45, 2.75) is 69.4 Å². The first-order valence-electron chi connectivity index (χ1n) is 18.2. The molecule has 0 radical (unpaired) electrons. The summed E-state index contributed by atoms with van der Waals surface area (Å²) in [5.74, 6) is -3.73. The van der Waals surface area contributed by atoms with Gasteiger partial charge in [-0.25, -0.2) is 0 Å². The van der Waals surface area contributed by atoms with Gasteiger partial charge in [0.2, 0.25) is 11.8 Å². The molecule has 0 saturated carbocycles. The van der Waals surface area contributed by atoms with Crippen molar-refractivity contribution < 1.29 is 38.5 Å². The number of anilines is 2. The van der Waals surface area contributed by atoms with Gasteiger partial charge in [0.25, 0.3) is 5.91 Å². The number of carbonyl (C=O) groups is 4. The number of carbonyl (C=O) groups excluding carboxylic acids is 4. The van der Waals surface area contributed by atoms with Crippen LogP contribution in [0, 0.1) is 11.8 Å². The first-order chi connectivity index (χ1) is 25.2. The van der Waals surface area contributed by atoms with E-state index >= 15 is 0 Å². The number of fused-ring (bicyclic) bond motifs is 1. The topological polar surface area (TPSA) is 138 Å². The maximum atomic E-state index is 14.7. The molecule has 3 aliphatic rings. The highest BCUT2D eigenvalue weighted by atomic mass is 16.6. The van der Waals surface area contributed by atoms with Gasteiger partial charge in [-0.3, -0.25) is 19.2 Å². The van der Waals surface area contributed by atoms with Crippen LogP contribution in [0.25, 0.3) is 0 Å². The zero-order chi connectivity index (χ0) is 37.4. The van der Waals surface area contributed by atoms with Crippen LogP contribution in [0.3, 0.4) is 0 Å². The molecule has 3 fully saturated rings. The van der Waals surface area contributed by atoms with Crippen LogP contribution in [-0.2, 0) is 33.4 Å². The number of methoxy groups -OCH3 is 1. The minimum atomic E-state index is -1.30. The number of nitrogens with one attached hydrogen (secondary N) is 1. The normalized spacial score (nSPS) is 24.2. The molecule has 52 heavy (non-hydrogen) atoms. The van der Waals surface area contributed by atoms with Crippen LogP contribution < -0.4 is 15.1 Å². The van der Waals surface area contributed by atoms with Gasteiger partial charge in [0.15, 0.2) is 0 Å². The third-order valence-corrected chi connectivity index (χ3v) is 10.5. The van der Waals surface area contributed by atoms with E-state index in [1.54, 1.807) is 29.2 Å². The molecule has 7 atom stereocenters. The minimum absolute atomic E-state index is 0.0550. The van der Waals surface area contributed by atoms with E-state index in [9.17, 15) is 24.3 Å². The van der Waals surface area contributed by atoms with E-state index in [-0.39, 0.29) is 44.5 Å². The highest BCUT2D eigenvalue weighted by Gasteiger charge is 2.75. The molecule has 3 saturated heterocycles. The zero-order valence-corrected chi connectivity index (χ0v) is 30.4. The average Bonchev–Trinajstić information content (AvgIpc) is 3.80. The second-order valence-electron chi connectivity index (χ2n) is 13.5. The number of aliphatic hydroxyl groups is 1. The number of esters is 1. The Balaban J connectivity index is 1.46. The molecule has 0 aliphatic carbocycles. The molecule has 3 aliphatic heterocycles. The molecule has 2 N–H and O–H groups in total. The maximum Gasteiger partial charge on any atom is 0.313 e. The zero-order valence-electron chi connectivity index (χ0n) is 30.4. The monoisotopic (exact) mass is 716 g/mol. The Morgan fingerprint density at radius 1 is 1.08 bits per heavy atom. The van der Waals surface area contributed by atoms with Gasteiger partial charge in [0, 0.05) is 51.1 Å². The van der Waals surface area contributed by atoms with Gasteiger partial charge < -0.3 is 39.3 Å². The number of benzene rings is 2. The van der Waals surface area contributed by atoms with Crippen LogP contribution >= 0.6 is 0 Å². The molecule has 12 nitrogen and oxygen atoms in total. The summed E-state index contributed by atoms with van der Waals surface area (Å²) in [5.41, 5.74) is 0.991. The van der Waals surface area contributed by atoms with Crippen molar-refractivity contribution >= 4 is 35.1 Å². The molecule has 12 heteroatoms. The number of hydrogen-bond acceptors (Lipinski definition) is 9. The fraction of sp³-hybridized carbons (Fsp3) is 0.500. The number of amides is 3. The van der Waals surface area contributed by atoms with Crippen LogP contribution in [-0.4, -0.2) is 104 Å². The van der Waals surface area contributed by atoms with E-state index in [4.69, 9.17) is 14.2 Å². The lowest BCUT2D eigenvalue weighted by molar-refractivity contribution is -0.163. The molecule has 5 rings (SSSR count). The number of nitrogens with zero attached hydrogens (tertiary/aromatic N) is 3. The number of likely N-dealkylation sites (tertiary alicyclic amines) is 1. The number of hydrogen-bond donors (Lipinski definition) is 2. The summed E-state index contributed by atoms with van der Waals surface area (Å²) < 4.78 is 18.3. The number of allylic oxidation sites excluding steroid dienone is 1. The van der Waals surface area contributed by atoms with Crippen molar-refractivity contribution in [1.29, 1.82) is 0 Å². The number of rotatable bonds is 19. The van der Waals surface area contributed by atoms with Gasteiger partial charge in [-0.05, 0) is 62.9 Å². The quantitative estimate of drug-likeness (QED) is 0.164. The van der Waals surface area contributed by atoms with Crippen LogP contribution in [0.15, 0.2) is 79.9 Å². The van der Waals surface area contributed by atoms with Gasteiger partial charge in [-0.15, -0.1) is 13.2 Å². The van der Waals surface area contributed by atoms with E-state index in [0.29, 0.717) is 30.5 Å². The predicted octanol–water partition coefficient (Wildman–Crippen LogP) is 3.80. The highest BCUT2D eigenvalue weighted by Crippen LogP contribution is 2.59. The van der Waals surface area contributed by atoms with E-state index in [1.807, 2.05) is 42.5 Å². The fourth-order valence-corrected chi connectivity index (χ4v) is 8.21. The van der Waals surface area contributed by atoms with E-state index < -0.39 is 53.6 Å². The Hall–Kier alpha value is -4.52. The molecule has 2 aromatic rings. The van der Waals surface area contributed by atoms with Crippen LogP contribution in [0.2, 0.25) is 0 Å². The summed E-state index contributed by atoms with van der Waals surface area (Å²) in [6.07, 6.45) is 3.18. The van der Waals surface area contributed by atoms with Crippen LogP contribution in [0.1, 0.15) is 51.2 Å². The van der Waals surface area contributed by atoms with Crippen molar-refractivity contribution in [2.75, 3.05) is 56.3 Å². The van der Waals surface area contributed by atoms with Crippen molar-refractivity contribution in [1.82, 2.24) is 10.2 Å². The third kappa shape index (κ3) is 7.51. The Morgan fingerprint density at radius 3 is 2.38 bits per heavy atom. The summed E-state index contributed by atoms with van der Waals surface area (Å²) >= 11 is 0. The number of aliphatic hydroxyl groups excluding tert-OH is 1. The molecule has 0 unspecified atom stereocenters. The number of ether oxygens (including phenoxy) is 3. The summed E-state index contributed by atoms with van der Waals surface area (Å²) in [4.78, 5) is 61.5. The Morgan fingerprint density at radius 2 is 1.77 bits per heavy atom. The Bertz CT molecular complexity index is 1580. The predicted molar refractivity (Wildman–Crippen MR) is 197 cm³/mol. The van der Waals surface area contributed by atoms with Gasteiger partial charge in [0.05, 0.1) is 37.2 Å². The van der Waals surface area contributed by atoms with Crippen molar-refractivity contribution in [3.63, 3.8) is 0 Å². The number of β-amino-alcohol motifs (C(OH)–C–C–N with tert-alkyl or cyclic N) is 1. The molecular weight excluding hydrogens is 664 g/mol. The van der Waals surface area contributed by atoms with Gasteiger partial charge in [0.1, 0.15) is 17.7 Å². The van der Waals surface area contributed by atoms with Crippen molar-refractivity contribution in [2.24, 2.45) is 11.8 Å². The summed E-state index contributed by atoms with van der Waals surface area (Å²) in [5, 5.41) is 13.0. The molecule has 3 amide bonds. The van der Waals surface area contributed by atoms with Gasteiger partial charge in [-0.2, -0.15) is 0 Å². The average molecular weight is 717 g/mol. The molecule has 1 spiro atoms. The van der Waals surface area contributed by atoms with Crippen molar-refractivity contribution in [3.05, 3.63) is 85.5 Å². The molecule has 2 aromatic carbocycles. The van der Waals surface area contributed by atoms with Gasteiger partial charge in [-0.1, -0.05) is 42.5 Å². The minimum Gasteiger partial charge on any atom is -0.455 e. The lowest BCUT2D eigenvalue weighted by Gasteiger charge is -2.36. The first-order valence-corrected chi connectivity index (χ1v) is 18.2. The van der Waals surface area contributed by atoms with E-state index in [2.05, 4.69) is 37.2 Å². The van der Waals surface area contributed by atoms with Crippen LogP contribution in [0.5, 0.6) is 0 Å². The summed E-state index contributed by atoms with van der Waals surface area (Å²) in [6, 6.07) is 14.9. The Labute approximate surface area is 306 Å². The van der Waals surface area contributed by atoms with Gasteiger partial charge >= 0.3 is 5.97 Å². The largest absolute Gasteiger partial charge is 0.455 e. The standard InChI is InChI=1S/C40H52N4O8/c1-6-10-16-32(46)41-30(26-50-5)35(27-14-12-11-13-15-27)51-39(49)33-31-21-22-40(52-31)34(33)37(47)44(24-25-45)36(40)38(48)43(23-7-2)29-19-17-28(18-20-29)42(8-3)9-4/h6-7,11-15,17-20,30-31,33-36,45H,1-2,8-10,16,21-26H2,3-5H3,(H,41,46)/t30-,31+,33-,34-,35-,36+,40-/m1/s1. The maximum absolute atomic E-state index is 14.7. The SMILES string of the molecule is C=CCCC(=O)N[C@H](COC)[C@H](OC(=O)[C@@H]1[C@@H]2CC[C@]3(O2)[C@H](C(=O)N(CC=C)c2ccc(N(CC)CC)cc2)N(CCO)C(=O)[C@@H]13)c1ccccc1.